The summed E-state index contributed by atoms with van der Waals surface area (Å²) in [7, 11) is 0. The van der Waals surface area contributed by atoms with Crippen LogP contribution in [0.15, 0.2) is 41.8 Å². The number of amides is 3. The molecule has 1 aliphatic rings. The largest absolute Gasteiger partial charge is 0.336 e. The zero-order valence-corrected chi connectivity index (χ0v) is 16.9. The normalized spacial score (nSPS) is 17.4. The van der Waals surface area contributed by atoms with Crippen molar-refractivity contribution in [2.75, 3.05) is 13.1 Å². The van der Waals surface area contributed by atoms with Gasteiger partial charge in [-0.1, -0.05) is 44.2 Å². The molecular weight excluding hydrogens is 358 g/mol. The van der Waals surface area contributed by atoms with Gasteiger partial charge in [0.2, 0.25) is 5.91 Å². The van der Waals surface area contributed by atoms with Crippen molar-refractivity contribution >= 4 is 23.3 Å². The second kappa shape index (κ2) is 8.67. The fourth-order valence-corrected chi connectivity index (χ4v) is 4.10. The smallest absolute Gasteiger partial charge is 0.324 e. The Hall–Kier alpha value is -2.18. The number of carbonyl (C=O) groups is 2. The molecular formula is C21H27N3O2S. The molecule has 1 aliphatic heterocycles. The van der Waals surface area contributed by atoms with E-state index in [9.17, 15) is 9.59 Å². The molecule has 3 atom stereocenters. The Labute approximate surface area is 164 Å². The van der Waals surface area contributed by atoms with Gasteiger partial charge in [0, 0.05) is 18.0 Å². The molecule has 0 radical (unpaired) electrons. The van der Waals surface area contributed by atoms with Crippen molar-refractivity contribution in [3.05, 3.63) is 57.8 Å². The van der Waals surface area contributed by atoms with Gasteiger partial charge in [-0.05, 0) is 41.8 Å². The van der Waals surface area contributed by atoms with E-state index in [1.807, 2.05) is 18.4 Å². The number of thiophene rings is 1. The monoisotopic (exact) mass is 385 g/mol. The maximum atomic E-state index is 12.7. The average molecular weight is 386 g/mol. The van der Waals surface area contributed by atoms with Crippen LogP contribution in [0.3, 0.4) is 0 Å². The molecule has 0 aliphatic carbocycles. The quantitative estimate of drug-likeness (QED) is 0.760. The molecule has 1 aromatic carbocycles. The Bertz CT molecular complexity index is 773. The number of hydrogen-bond acceptors (Lipinski definition) is 4. The van der Waals surface area contributed by atoms with E-state index in [1.54, 1.807) is 11.3 Å². The minimum absolute atomic E-state index is 0.0828. The van der Waals surface area contributed by atoms with Gasteiger partial charge in [-0.2, -0.15) is 0 Å². The molecule has 3 amide bonds. The van der Waals surface area contributed by atoms with Gasteiger partial charge in [0.1, 0.15) is 0 Å². The average Bonchev–Trinajstić information content (AvgIpc) is 3.36. The van der Waals surface area contributed by atoms with Crippen molar-refractivity contribution in [1.29, 1.82) is 0 Å². The summed E-state index contributed by atoms with van der Waals surface area (Å²) in [5.41, 5.74) is 2.44. The second-order valence-corrected chi connectivity index (χ2v) is 8.01. The van der Waals surface area contributed by atoms with E-state index in [2.05, 4.69) is 54.8 Å². The Balaban J connectivity index is 1.80. The molecule has 27 heavy (non-hydrogen) atoms. The van der Waals surface area contributed by atoms with Gasteiger partial charge < -0.3 is 5.32 Å². The fraction of sp³-hybridized carbons (Fsp3) is 0.429. The number of imide groups is 1. The fourth-order valence-electron chi connectivity index (χ4n) is 3.29. The van der Waals surface area contributed by atoms with Gasteiger partial charge in [0.25, 0.3) is 0 Å². The maximum Gasteiger partial charge on any atom is 0.324 e. The van der Waals surface area contributed by atoms with Crippen LogP contribution in [0.5, 0.6) is 0 Å². The third-order valence-corrected chi connectivity index (χ3v) is 6.13. The summed E-state index contributed by atoms with van der Waals surface area (Å²) in [6.45, 7) is 7.18. The molecule has 0 saturated carbocycles. The third kappa shape index (κ3) is 4.39. The van der Waals surface area contributed by atoms with Crippen LogP contribution in [0.25, 0.3) is 0 Å². The summed E-state index contributed by atoms with van der Waals surface area (Å²) in [6.07, 6.45) is 1.11. The minimum atomic E-state index is -0.463. The number of carbonyl (C=O) groups excluding carboxylic acids is 2. The first-order valence-electron chi connectivity index (χ1n) is 9.49. The lowest BCUT2D eigenvalue weighted by Gasteiger charge is -2.25. The van der Waals surface area contributed by atoms with E-state index in [1.165, 1.54) is 10.5 Å². The Kier molecular flexibility index (Phi) is 6.29. The van der Waals surface area contributed by atoms with Crippen molar-refractivity contribution < 1.29 is 9.59 Å². The lowest BCUT2D eigenvalue weighted by atomic mass is 9.95. The zero-order valence-electron chi connectivity index (χ0n) is 16.1. The molecule has 1 fully saturated rings. The Morgan fingerprint density at radius 1 is 1.22 bits per heavy atom. The number of hydrogen-bond donors (Lipinski definition) is 2. The van der Waals surface area contributed by atoms with E-state index in [0.717, 1.165) is 16.9 Å². The highest BCUT2D eigenvalue weighted by molar-refractivity contribution is 7.10. The van der Waals surface area contributed by atoms with Crippen LogP contribution in [0, 0.1) is 0 Å². The number of rotatable bonds is 7. The summed E-state index contributed by atoms with van der Waals surface area (Å²) < 4.78 is 0. The predicted molar refractivity (Wildman–Crippen MR) is 109 cm³/mol. The van der Waals surface area contributed by atoms with Crippen molar-refractivity contribution in [2.24, 2.45) is 0 Å². The number of urea groups is 1. The van der Waals surface area contributed by atoms with Crippen molar-refractivity contribution in [1.82, 2.24) is 15.5 Å². The lowest BCUT2D eigenvalue weighted by Crippen LogP contribution is -2.47. The maximum absolute atomic E-state index is 12.7. The number of nitrogens with zero attached hydrogens (tertiary/aromatic N) is 1. The van der Waals surface area contributed by atoms with Crippen molar-refractivity contribution in [3.63, 3.8) is 0 Å². The molecule has 6 heteroatoms. The SMILES string of the molecule is CC[C@@H](C)c1ccc([C@H](N[C@@H](C)C(=O)N2CCNC2=O)c2cccs2)cc1. The van der Waals surface area contributed by atoms with Gasteiger partial charge in [0.05, 0.1) is 12.1 Å². The van der Waals surface area contributed by atoms with Crippen LogP contribution in [0.4, 0.5) is 4.79 Å². The topological polar surface area (TPSA) is 61.4 Å². The molecule has 3 rings (SSSR count). The molecule has 1 saturated heterocycles. The molecule has 0 spiro atoms. The molecule has 2 aromatic rings. The molecule has 0 bridgehead atoms. The lowest BCUT2D eigenvalue weighted by molar-refractivity contribution is -0.129. The second-order valence-electron chi connectivity index (χ2n) is 7.03. The minimum Gasteiger partial charge on any atom is -0.336 e. The van der Waals surface area contributed by atoms with Crippen LogP contribution in [0.2, 0.25) is 0 Å². The highest BCUT2D eigenvalue weighted by Crippen LogP contribution is 2.28. The molecule has 5 nitrogen and oxygen atoms in total. The van der Waals surface area contributed by atoms with Crippen LogP contribution < -0.4 is 10.6 Å². The Morgan fingerprint density at radius 3 is 2.48 bits per heavy atom. The van der Waals surface area contributed by atoms with Gasteiger partial charge in [-0.15, -0.1) is 11.3 Å². The van der Waals surface area contributed by atoms with E-state index in [4.69, 9.17) is 0 Å². The highest BCUT2D eigenvalue weighted by atomic mass is 32.1. The molecule has 144 valence electrons. The van der Waals surface area contributed by atoms with Crippen LogP contribution >= 0.6 is 11.3 Å². The third-order valence-electron chi connectivity index (χ3n) is 5.19. The molecule has 2 heterocycles. The van der Waals surface area contributed by atoms with Crippen molar-refractivity contribution in [3.8, 4) is 0 Å². The van der Waals surface area contributed by atoms with E-state index < -0.39 is 6.04 Å². The first-order valence-corrected chi connectivity index (χ1v) is 10.4. The first kappa shape index (κ1) is 19.6. The van der Waals surface area contributed by atoms with Gasteiger partial charge in [-0.25, -0.2) is 4.79 Å². The van der Waals surface area contributed by atoms with Crippen molar-refractivity contribution in [2.45, 2.75) is 45.2 Å². The molecule has 2 N–H and O–H groups in total. The zero-order chi connectivity index (χ0) is 19.4. The van der Waals surface area contributed by atoms with Crippen LogP contribution in [-0.2, 0) is 4.79 Å². The summed E-state index contributed by atoms with van der Waals surface area (Å²) in [5.74, 6) is 0.337. The van der Waals surface area contributed by atoms with Gasteiger partial charge >= 0.3 is 6.03 Å². The highest BCUT2D eigenvalue weighted by Gasteiger charge is 2.31. The summed E-state index contributed by atoms with van der Waals surface area (Å²) in [6, 6.07) is 11.9. The number of nitrogens with one attached hydrogen (secondary N) is 2. The molecule has 1 aromatic heterocycles. The summed E-state index contributed by atoms with van der Waals surface area (Å²) >= 11 is 1.66. The van der Waals surface area contributed by atoms with E-state index in [0.29, 0.717) is 19.0 Å². The first-order chi connectivity index (χ1) is 13.0. The van der Waals surface area contributed by atoms with Crippen LogP contribution in [0.1, 0.15) is 55.2 Å². The summed E-state index contributed by atoms with van der Waals surface area (Å²) in [4.78, 5) is 26.9. The standard InChI is InChI=1S/C21H27N3O2S/c1-4-14(2)16-7-9-17(10-8-16)19(18-6-5-13-27-18)23-15(3)20(25)24-12-11-22-21(24)26/h5-10,13-15,19,23H,4,11-12H2,1-3H3,(H,22,26)/t14-,15+,19+/m1/s1. The van der Waals surface area contributed by atoms with E-state index >= 15 is 0 Å². The Morgan fingerprint density at radius 2 is 1.93 bits per heavy atom. The number of benzene rings is 1. The van der Waals surface area contributed by atoms with E-state index in [-0.39, 0.29) is 18.0 Å². The summed E-state index contributed by atoms with van der Waals surface area (Å²) in [5, 5.41) is 8.16. The van der Waals surface area contributed by atoms with Gasteiger partial charge in [-0.3, -0.25) is 15.0 Å². The molecule has 0 unspecified atom stereocenters. The van der Waals surface area contributed by atoms with Crippen LogP contribution in [-0.4, -0.2) is 36.0 Å². The predicted octanol–water partition coefficient (Wildman–Crippen LogP) is 3.88. The van der Waals surface area contributed by atoms with Gasteiger partial charge in [0.15, 0.2) is 0 Å².